The highest BCUT2D eigenvalue weighted by atomic mass is 35.5. The molecule has 6 heteroatoms. The molecule has 0 amide bonds. The predicted molar refractivity (Wildman–Crippen MR) is 126 cm³/mol. The van der Waals surface area contributed by atoms with Gasteiger partial charge in [-0.1, -0.05) is 11.6 Å². The molecule has 4 aromatic rings. The van der Waals surface area contributed by atoms with Crippen LogP contribution in [-0.4, -0.2) is 22.5 Å². The summed E-state index contributed by atoms with van der Waals surface area (Å²) in [5.74, 6) is 0. The molecule has 0 saturated carbocycles. The van der Waals surface area contributed by atoms with Gasteiger partial charge in [-0.3, -0.25) is 14.4 Å². The number of aldehydes is 2. The van der Waals surface area contributed by atoms with Gasteiger partial charge < -0.3 is 4.98 Å². The van der Waals surface area contributed by atoms with Crippen LogP contribution in [0.4, 0.5) is 0 Å². The summed E-state index contributed by atoms with van der Waals surface area (Å²) in [6.45, 7) is 0. The quantitative estimate of drug-likeness (QED) is 0.348. The molecule has 0 unspecified atom stereocenters. The van der Waals surface area contributed by atoms with E-state index in [9.17, 15) is 14.4 Å². The average Bonchev–Trinajstić information content (AvgIpc) is 3.44. The van der Waals surface area contributed by atoms with Gasteiger partial charge in [0.1, 0.15) is 5.15 Å². The van der Waals surface area contributed by atoms with Crippen molar-refractivity contribution in [2.75, 3.05) is 0 Å². The van der Waals surface area contributed by atoms with Gasteiger partial charge in [0.25, 0.3) is 5.56 Å². The number of carbonyl (C=O) groups excluding carboxylic acids is 2. The van der Waals surface area contributed by atoms with Crippen molar-refractivity contribution in [2.45, 2.75) is 38.5 Å². The Labute approximate surface area is 189 Å². The number of pyridine rings is 2. The lowest BCUT2D eigenvalue weighted by molar-refractivity contribution is 0.111. The van der Waals surface area contributed by atoms with E-state index in [1.165, 1.54) is 35.1 Å². The van der Waals surface area contributed by atoms with Crippen LogP contribution in [0.25, 0.3) is 21.8 Å². The fourth-order valence-corrected chi connectivity index (χ4v) is 4.90. The Balaban J connectivity index is 0.000000135. The predicted octanol–water partition coefficient (Wildman–Crippen LogP) is 5.02. The molecular weight excluding hydrogens is 424 g/mol. The molecule has 2 aliphatic carbocycles. The number of rotatable bonds is 2. The van der Waals surface area contributed by atoms with Gasteiger partial charge in [0.15, 0.2) is 12.6 Å². The maximum Gasteiger partial charge on any atom is 0.259 e. The number of aromatic amines is 1. The van der Waals surface area contributed by atoms with Crippen molar-refractivity contribution in [3.63, 3.8) is 0 Å². The Morgan fingerprint density at radius 3 is 1.97 bits per heavy atom. The zero-order valence-corrected chi connectivity index (χ0v) is 18.2. The van der Waals surface area contributed by atoms with Crippen LogP contribution in [0.1, 0.15) is 55.8 Å². The summed E-state index contributed by atoms with van der Waals surface area (Å²) >= 11 is 5.91. The first-order chi connectivity index (χ1) is 15.6. The number of H-pyrrole nitrogens is 1. The fraction of sp³-hybridized carbons (Fsp3) is 0.231. The highest BCUT2D eigenvalue weighted by Crippen LogP contribution is 2.28. The van der Waals surface area contributed by atoms with Crippen LogP contribution in [0.15, 0.2) is 41.2 Å². The van der Waals surface area contributed by atoms with Crippen LogP contribution >= 0.6 is 11.6 Å². The molecule has 1 N–H and O–H groups in total. The molecule has 0 saturated heterocycles. The van der Waals surface area contributed by atoms with Gasteiger partial charge in [-0.2, -0.15) is 0 Å². The number of aromatic nitrogens is 2. The number of benzene rings is 2. The van der Waals surface area contributed by atoms with Gasteiger partial charge in [-0.05, 0) is 103 Å². The van der Waals surface area contributed by atoms with Crippen molar-refractivity contribution in [1.29, 1.82) is 0 Å². The van der Waals surface area contributed by atoms with Gasteiger partial charge in [-0.15, -0.1) is 0 Å². The molecule has 160 valence electrons. The molecule has 6 rings (SSSR count). The third-order valence-electron chi connectivity index (χ3n) is 6.35. The minimum absolute atomic E-state index is 0.199. The van der Waals surface area contributed by atoms with Crippen molar-refractivity contribution in [1.82, 2.24) is 9.97 Å². The van der Waals surface area contributed by atoms with Crippen molar-refractivity contribution in [3.8, 4) is 0 Å². The zero-order valence-electron chi connectivity index (χ0n) is 17.4. The summed E-state index contributed by atoms with van der Waals surface area (Å²) in [5.41, 5.74) is 7.49. The van der Waals surface area contributed by atoms with Crippen LogP contribution in [0.3, 0.4) is 0 Å². The van der Waals surface area contributed by atoms with E-state index in [1.54, 1.807) is 6.07 Å². The lowest BCUT2D eigenvalue weighted by Crippen LogP contribution is -2.11. The largest absolute Gasteiger partial charge is 0.321 e. The van der Waals surface area contributed by atoms with Crippen molar-refractivity contribution in [3.05, 3.63) is 85.3 Å². The molecule has 0 aliphatic heterocycles. The molecule has 0 spiro atoms. The summed E-state index contributed by atoms with van der Waals surface area (Å²) in [5, 5.41) is 2.25. The summed E-state index contributed by atoms with van der Waals surface area (Å²) in [4.78, 5) is 40.0. The van der Waals surface area contributed by atoms with E-state index in [2.05, 4.69) is 28.2 Å². The smallest absolute Gasteiger partial charge is 0.259 e. The Kier molecular flexibility index (Phi) is 5.35. The second-order valence-electron chi connectivity index (χ2n) is 8.39. The lowest BCUT2D eigenvalue weighted by atomic mass is 10.1. The standard InChI is InChI=1S/C13H10ClNO.C13H11NO2/c14-13-11(7-16)5-10-4-8-2-1-3-9(8)6-12(10)15-13;15-7-11-5-10-4-8-2-1-3-9(8)6-12(10)14-13(11)16/h4-7H,1-3H2;4-7H,1-3H2,(H,14,16). The number of halogens is 1. The van der Waals surface area contributed by atoms with Crippen LogP contribution in [0, 0.1) is 0 Å². The summed E-state index contributed by atoms with van der Waals surface area (Å²) in [7, 11) is 0. The van der Waals surface area contributed by atoms with E-state index in [0.717, 1.165) is 53.8 Å². The molecular formula is C26H21ClN2O3. The number of carbonyl (C=O) groups is 2. The summed E-state index contributed by atoms with van der Waals surface area (Å²) < 4.78 is 0. The van der Waals surface area contributed by atoms with Crippen LogP contribution in [0.2, 0.25) is 5.15 Å². The van der Waals surface area contributed by atoms with E-state index >= 15 is 0 Å². The number of fused-ring (bicyclic) bond motifs is 4. The first kappa shape index (κ1) is 20.6. The van der Waals surface area contributed by atoms with E-state index in [0.29, 0.717) is 17.0 Å². The monoisotopic (exact) mass is 444 g/mol. The molecule has 0 radical (unpaired) electrons. The van der Waals surface area contributed by atoms with Crippen LogP contribution in [0.5, 0.6) is 0 Å². The number of nitrogens with zero attached hydrogens (tertiary/aromatic N) is 1. The van der Waals surface area contributed by atoms with E-state index < -0.39 is 0 Å². The Bertz CT molecular complexity index is 1460. The lowest BCUT2D eigenvalue weighted by Gasteiger charge is -2.04. The van der Waals surface area contributed by atoms with Crippen LogP contribution < -0.4 is 5.56 Å². The van der Waals surface area contributed by atoms with E-state index in [4.69, 9.17) is 11.6 Å². The minimum atomic E-state index is -0.305. The first-order valence-electron chi connectivity index (χ1n) is 10.8. The third kappa shape index (κ3) is 3.73. The molecule has 2 heterocycles. The topological polar surface area (TPSA) is 79.9 Å². The van der Waals surface area contributed by atoms with Gasteiger partial charge in [0.05, 0.1) is 16.6 Å². The first-order valence-corrected chi connectivity index (χ1v) is 11.1. The maximum atomic E-state index is 11.5. The second kappa shape index (κ2) is 8.32. The molecule has 0 fully saturated rings. The number of nitrogens with one attached hydrogen (secondary N) is 1. The SMILES string of the molecule is O=Cc1cc2cc3c(cc2[nH]c1=O)CCC3.O=Cc1cc2cc3c(cc2nc1Cl)CCC3. The van der Waals surface area contributed by atoms with Crippen molar-refractivity contribution < 1.29 is 9.59 Å². The highest BCUT2D eigenvalue weighted by Gasteiger charge is 2.14. The molecule has 0 bridgehead atoms. The van der Waals surface area contributed by atoms with Gasteiger partial charge in [0.2, 0.25) is 0 Å². The Hall–Kier alpha value is -3.31. The van der Waals surface area contributed by atoms with E-state index in [-0.39, 0.29) is 11.1 Å². The minimum Gasteiger partial charge on any atom is -0.321 e. The molecule has 2 aliphatic rings. The van der Waals surface area contributed by atoms with Crippen molar-refractivity contribution >= 4 is 46.0 Å². The maximum absolute atomic E-state index is 11.5. The van der Waals surface area contributed by atoms with Gasteiger partial charge >= 0.3 is 0 Å². The Morgan fingerprint density at radius 1 is 0.750 bits per heavy atom. The average molecular weight is 445 g/mol. The van der Waals surface area contributed by atoms with Crippen molar-refractivity contribution in [2.24, 2.45) is 0 Å². The normalized spacial score (nSPS) is 14.0. The van der Waals surface area contributed by atoms with Gasteiger partial charge in [0, 0.05) is 10.9 Å². The molecule has 2 aromatic carbocycles. The molecule has 32 heavy (non-hydrogen) atoms. The third-order valence-corrected chi connectivity index (χ3v) is 6.65. The zero-order chi connectivity index (χ0) is 22.2. The molecule has 5 nitrogen and oxygen atoms in total. The molecule has 2 aromatic heterocycles. The fourth-order valence-electron chi connectivity index (χ4n) is 4.71. The summed E-state index contributed by atoms with van der Waals surface area (Å²) in [6.07, 6.45) is 8.18. The second-order valence-corrected chi connectivity index (χ2v) is 8.74. The van der Waals surface area contributed by atoms with Gasteiger partial charge in [-0.25, -0.2) is 4.98 Å². The number of aryl methyl sites for hydroxylation is 4. The Morgan fingerprint density at radius 2 is 1.31 bits per heavy atom. The molecule has 0 atom stereocenters. The number of hydrogen-bond donors (Lipinski definition) is 1. The summed E-state index contributed by atoms with van der Waals surface area (Å²) in [6, 6.07) is 11.8. The van der Waals surface area contributed by atoms with Crippen LogP contribution in [-0.2, 0) is 25.7 Å². The highest BCUT2D eigenvalue weighted by molar-refractivity contribution is 6.32. The number of hydrogen-bond acceptors (Lipinski definition) is 4. The van der Waals surface area contributed by atoms with E-state index in [1.807, 2.05) is 12.1 Å².